The Bertz CT molecular complexity index is 387. The Morgan fingerprint density at radius 1 is 1.40 bits per heavy atom. The summed E-state index contributed by atoms with van der Waals surface area (Å²) in [5.41, 5.74) is 10.5. The number of aryl methyl sites for hydroxylation is 2. The Labute approximate surface area is 90.0 Å². The summed E-state index contributed by atoms with van der Waals surface area (Å²) in [7, 11) is 0. The fourth-order valence-electron chi connectivity index (χ4n) is 2.10. The first kappa shape index (κ1) is 10.2. The Morgan fingerprint density at radius 2 is 2.20 bits per heavy atom. The summed E-state index contributed by atoms with van der Waals surface area (Å²) in [6, 6.07) is 1.93. The van der Waals surface area contributed by atoms with E-state index in [-0.39, 0.29) is 0 Å². The van der Waals surface area contributed by atoms with E-state index >= 15 is 0 Å². The van der Waals surface area contributed by atoms with Crippen molar-refractivity contribution in [1.29, 1.82) is 0 Å². The quantitative estimate of drug-likeness (QED) is 0.762. The summed E-state index contributed by atoms with van der Waals surface area (Å²) in [6.45, 7) is 5.60. The molecule has 1 aromatic heterocycles. The third-order valence-electron chi connectivity index (χ3n) is 2.70. The maximum atomic E-state index is 5.70. The molecule has 0 saturated heterocycles. The van der Waals surface area contributed by atoms with Gasteiger partial charge in [-0.25, -0.2) is 4.98 Å². The predicted octanol–water partition coefficient (Wildman–Crippen LogP) is 2.08. The van der Waals surface area contributed by atoms with Crippen molar-refractivity contribution in [3.63, 3.8) is 0 Å². The highest BCUT2D eigenvalue weighted by atomic mass is 16.5. The molecule has 0 saturated carbocycles. The zero-order valence-electron chi connectivity index (χ0n) is 9.21. The summed E-state index contributed by atoms with van der Waals surface area (Å²) < 4.78 is 5.30. The van der Waals surface area contributed by atoms with Crippen LogP contribution >= 0.6 is 0 Å². The van der Waals surface area contributed by atoms with Gasteiger partial charge in [0.15, 0.2) is 0 Å². The third kappa shape index (κ3) is 2.02. The van der Waals surface area contributed by atoms with E-state index in [2.05, 4.69) is 18.0 Å². The number of pyridine rings is 1. The predicted molar refractivity (Wildman–Crippen MR) is 61.5 cm³/mol. The van der Waals surface area contributed by atoms with Crippen LogP contribution in [0.5, 0.6) is 0 Å². The van der Waals surface area contributed by atoms with Gasteiger partial charge in [-0.3, -0.25) is 0 Å². The largest absolute Gasteiger partial charge is 0.384 e. The Hall–Kier alpha value is -1.35. The molecule has 0 aliphatic carbocycles. The average Bonchev–Trinajstić information content (AvgIpc) is 2.17. The normalized spacial score (nSPS) is 16.3. The summed E-state index contributed by atoms with van der Waals surface area (Å²) in [5.74, 6) is 0.599. The molecule has 1 aliphatic heterocycles. The Balaban J connectivity index is 2.47. The van der Waals surface area contributed by atoms with Crippen LogP contribution in [0, 0.1) is 13.8 Å². The second-order valence-corrected chi connectivity index (χ2v) is 3.88. The van der Waals surface area contributed by atoms with E-state index in [1.807, 2.05) is 13.0 Å². The van der Waals surface area contributed by atoms with Crippen molar-refractivity contribution in [2.24, 2.45) is 0 Å². The number of aromatic nitrogens is 1. The molecule has 2 rings (SSSR count). The van der Waals surface area contributed by atoms with Crippen LogP contribution < -0.4 is 5.73 Å². The highest BCUT2D eigenvalue weighted by molar-refractivity contribution is 5.71. The Morgan fingerprint density at radius 3 is 2.80 bits per heavy atom. The van der Waals surface area contributed by atoms with Crippen molar-refractivity contribution in [2.75, 3.05) is 18.9 Å². The van der Waals surface area contributed by atoms with Crippen LogP contribution in [0.1, 0.15) is 23.2 Å². The highest BCUT2D eigenvalue weighted by Crippen LogP contribution is 2.27. The summed E-state index contributed by atoms with van der Waals surface area (Å²) in [6.07, 6.45) is 3.10. The van der Waals surface area contributed by atoms with Crippen LogP contribution in [0.2, 0.25) is 0 Å². The number of hydrogen-bond donors (Lipinski definition) is 1. The minimum Gasteiger partial charge on any atom is -0.384 e. The van der Waals surface area contributed by atoms with Crippen molar-refractivity contribution in [3.05, 3.63) is 29.0 Å². The van der Waals surface area contributed by atoms with Crippen LogP contribution in [0.25, 0.3) is 5.57 Å². The number of anilines is 1. The molecule has 0 aromatic carbocycles. The molecule has 80 valence electrons. The molecule has 1 aromatic rings. The van der Waals surface area contributed by atoms with Gasteiger partial charge in [-0.15, -0.1) is 0 Å². The van der Waals surface area contributed by atoms with Gasteiger partial charge in [0.25, 0.3) is 0 Å². The van der Waals surface area contributed by atoms with Crippen LogP contribution in [-0.4, -0.2) is 18.2 Å². The van der Waals surface area contributed by atoms with Crippen molar-refractivity contribution in [3.8, 4) is 0 Å². The number of nitrogens with zero attached hydrogens (tertiary/aromatic N) is 1. The molecule has 0 unspecified atom stereocenters. The molecule has 15 heavy (non-hydrogen) atoms. The fraction of sp³-hybridized carbons (Fsp3) is 0.417. The van der Waals surface area contributed by atoms with Gasteiger partial charge in [-0.1, -0.05) is 6.08 Å². The van der Waals surface area contributed by atoms with Crippen LogP contribution in [0.15, 0.2) is 12.1 Å². The number of nitrogens with two attached hydrogens (primary N) is 1. The molecule has 2 heterocycles. The van der Waals surface area contributed by atoms with E-state index in [1.165, 1.54) is 16.7 Å². The molecule has 0 fully saturated rings. The van der Waals surface area contributed by atoms with Gasteiger partial charge < -0.3 is 10.5 Å². The van der Waals surface area contributed by atoms with Gasteiger partial charge >= 0.3 is 0 Å². The molecule has 0 amide bonds. The summed E-state index contributed by atoms with van der Waals surface area (Å²) in [5, 5.41) is 0. The lowest BCUT2D eigenvalue weighted by atomic mass is 9.96. The van der Waals surface area contributed by atoms with Crippen molar-refractivity contribution < 1.29 is 4.74 Å². The standard InChI is InChI=1S/C12H16N2O/c1-8-7-11(13)14-9(2)12(8)10-3-5-15-6-4-10/h3,7H,4-6H2,1-2H3,(H2,13,14). The number of nitrogen functional groups attached to an aromatic ring is 1. The first-order valence-corrected chi connectivity index (χ1v) is 5.19. The van der Waals surface area contributed by atoms with E-state index < -0.39 is 0 Å². The third-order valence-corrected chi connectivity index (χ3v) is 2.70. The zero-order valence-corrected chi connectivity index (χ0v) is 9.21. The summed E-state index contributed by atoms with van der Waals surface area (Å²) >= 11 is 0. The number of rotatable bonds is 1. The highest BCUT2D eigenvalue weighted by Gasteiger charge is 2.12. The van der Waals surface area contributed by atoms with Crippen molar-refractivity contribution in [2.45, 2.75) is 20.3 Å². The van der Waals surface area contributed by atoms with Gasteiger partial charge in [-0.2, -0.15) is 0 Å². The molecule has 2 N–H and O–H groups in total. The molecule has 3 heteroatoms. The Kier molecular flexibility index (Phi) is 2.73. The van der Waals surface area contributed by atoms with E-state index in [1.54, 1.807) is 0 Å². The first-order chi connectivity index (χ1) is 7.18. The smallest absolute Gasteiger partial charge is 0.123 e. The van der Waals surface area contributed by atoms with E-state index in [0.29, 0.717) is 12.4 Å². The van der Waals surface area contributed by atoms with Crippen LogP contribution in [0.3, 0.4) is 0 Å². The molecule has 0 radical (unpaired) electrons. The average molecular weight is 204 g/mol. The van der Waals surface area contributed by atoms with Crippen LogP contribution in [0.4, 0.5) is 5.82 Å². The molecule has 1 aliphatic rings. The molecule has 0 atom stereocenters. The van der Waals surface area contributed by atoms with Gasteiger partial charge in [0.2, 0.25) is 0 Å². The van der Waals surface area contributed by atoms with Gasteiger partial charge in [-0.05, 0) is 37.5 Å². The minimum atomic E-state index is 0.599. The van der Waals surface area contributed by atoms with E-state index in [9.17, 15) is 0 Å². The molecule has 0 bridgehead atoms. The number of hydrogen-bond acceptors (Lipinski definition) is 3. The second-order valence-electron chi connectivity index (χ2n) is 3.88. The zero-order chi connectivity index (χ0) is 10.8. The lowest BCUT2D eigenvalue weighted by Crippen LogP contribution is -2.07. The second kappa shape index (κ2) is 4.03. The van der Waals surface area contributed by atoms with Gasteiger partial charge in [0.05, 0.1) is 13.2 Å². The van der Waals surface area contributed by atoms with E-state index in [4.69, 9.17) is 10.5 Å². The number of ether oxygens (including phenoxy) is 1. The van der Waals surface area contributed by atoms with E-state index in [0.717, 1.165) is 18.7 Å². The van der Waals surface area contributed by atoms with Crippen molar-refractivity contribution >= 4 is 11.4 Å². The van der Waals surface area contributed by atoms with Gasteiger partial charge in [0, 0.05) is 11.3 Å². The monoisotopic (exact) mass is 204 g/mol. The molecular weight excluding hydrogens is 188 g/mol. The lowest BCUT2D eigenvalue weighted by molar-refractivity contribution is 0.161. The lowest BCUT2D eigenvalue weighted by Gasteiger charge is -2.17. The SMILES string of the molecule is Cc1cc(N)nc(C)c1C1=CCOCC1. The molecule has 3 nitrogen and oxygen atoms in total. The van der Waals surface area contributed by atoms with Gasteiger partial charge in [0.1, 0.15) is 5.82 Å². The fourth-order valence-corrected chi connectivity index (χ4v) is 2.10. The molecular formula is C12H16N2O. The summed E-state index contributed by atoms with van der Waals surface area (Å²) in [4.78, 5) is 4.31. The topological polar surface area (TPSA) is 48.1 Å². The maximum Gasteiger partial charge on any atom is 0.123 e. The van der Waals surface area contributed by atoms with Crippen molar-refractivity contribution in [1.82, 2.24) is 4.98 Å². The van der Waals surface area contributed by atoms with Crippen LogP contribution in [-0.2, 0) is 4.74 Å². The first-order valence-electron chi connectivity index (χ1n) is 5.19. The minimum absolute atomic E-state index is 0.599. The maximum absolute atomic E-state index is 5.70. The molecule has 0 spiro atoms.